The number of halogens is 1. The first-order valence-corrected chi connectivity index (χ1v) is 6.28. The minimum absolute atomic E-state index is 0.0953. The molecule has 2 heterocycles. The molecule has 0 amide bonds. The van der Waals surface area contributed by atoms with Gasteiger partial charge in [-0.15, -0.1) is 0 Å². The molecule has 82 valence electrons. The molecule has 1 aliphatic rings. The highest BCUT2D eigenvalue weighted by atomic mass is 35.5. The normalized spacial score (nSPS) is 21.7. The van der Waals surface area contributed by atoms with E-state index in [1.165, 1.54) is 0 Å². The molecular formula is C9H12ClN3OS. The molecule has 1 aliphatic heterocycles. The molecule has 6 heteroatoms. The van der Waals surface area contributed by atoms with E-state index in [0.29, 0.717) is 11.0 Å². The van der Waals surface area contributed by atoms with E-state index in [1.54, 1.807) is 12.4 Å². The molecular weight excluding hydrogens is 234 g/mol. The second-order valence-corrected chi connectivity index (χ2v) is 4.78. The molecule has 1 atom stereocenters. The van der Waals surface area contributed by atoms with Crippen molar-refractivity contribution in [2.75, 3.05) is 29.6 Å². The summed E-state index contributed by atoms with van der Waals surface area (Å²) >= 11 is 7.82. The van der Waals surface area contributed by atoms with E-state index in [0.717, 1.165) is 18.1 Å². The summed E-state index contributed by atoms with van der Waals surface area (Å²) in [5.74, 6) is 2.62. The van der Waals surface area contributed by atoms with Crippen LogP contribution in [0.4, 0.5) is 5.82 Å². The number of aliphatic hydroxyl groups excluding tert-OH is 1. The van der Waals surface area contributed by atoms with E-state index < -0.39 is 0 Å². The lowest BCUT2D eigenvalue weighted by Crippen LogP contribution is -2.45. The topological polar surface area (TPSA) is 49.2 Å². The molecule has 1 saturated heterocycles. The average molecular weight is 246 g/mol. The molecule has 0 saturated carbocycles. The second-order valence-electron chi connectivity index (χ2n) is 3.28. The van der Waals surface area contributed by atoms with Crippen LogP contribution in [-0.2, 0) is 0 Å². The van der Waals surface area contributed by atoms with Gasteiger partial charge >= 0.3 is 0 Å². The maximum absolute atomic E-state index is 9.27. The van der Waals surface area contributed by atoms with Crippen LogP contribution in [-0.4, -0.2) is 45.8 Å². The monoisotopic (exact) mass is 245 g/mol. The molecule has 1 aromatic rings. The summed E-state index contributed by atoms with van der Waals surface area (Å²) in [5, 5.41) is 9.67. The van der Waals surface area contributed by atoms with Crippen LogP contribution >= 0.6 is 23.4 Å². The zero-order valence-electron chi connectivity index (χ0n) is 8.14. The number of aromatic nitrogens is 2. The van der Waals surface area contributed by atoms with Gasteiger partial charge < -0.3 is 10.0 Å². The largest absolute Gasteiger partial charge is 0.394 e. The zero-order valence-corrected chi connectivity index (χ0v) is 9.71. The second kappa shape index (κ2) is 5.01. The Hall–Kier alpha value is -0.520. The summed E-state index contributed by atoms with van der Waals surface area (Å²) in [7, 11) is 0. The third-order valence-electron chi connectivity index (χ3n) is 2.35. The van der Waals surface area contributed by atoms with E-state index in [-0.39, 0.29) is 12.6 Å². The van der Waals surface area contributed by atoms with Crippen LogP contribution in [0.25, 0.3) is 0 Å². The maximum atomic E-state index is 9.27. The van der Waals surface area contributed by atoms with Gasteiger partial charge in [0.05, 0.1) is 12.6 Å². The van der Waals surface area contributed by atoms with Crippen molar-refractivity contribution in [3.63, 3.8) is 0 Å². The van der Waals surface area contributed by atoms with Gasteiger partial charge in [-0.05, 0) is 0 Å². The van der Waals surface area contributed by atoms with Gasteiger partial charge in [0.25, 0.3) is 0 Å². The molecule has 4 nitrogen and oxygen atoms in total. The van der Waals surface area contributed by atoms with Gasteiger partial charge in [0.15, 0.2) is 11.0 Å². The van der Waals surface area contributed by atoms with Gasteiger partial charge in [0.1, 0.15) is 0 Å². The van der Waals surface area contributed by atoms with Crippen molar-refractivity contribution in [2.24, 2.45) is 0 Å². The smallest absolute Gasteiger partial charge is 0.171 e. The Bertz CT molecular complexity index is 339. The minimum Gasteiger partial charge on any atom is -0.394 e. The zero-order chi connectivity index (χ0) is 10.7. The van der Waals surface area contributed by atoms with E-state index in [4.69, 9.17) is 11.6 Å². The Kier molecular flexibility index (Phi) is 3.66. The van der Waals surface area contributed by atoms with Crippen molar-refractivity contribution in [1.29, 1.82) is 0 Å². The van der Waals surface area contributed by atoms with E-state index in [9.17, 15) is 5.11 Å². The van der Waals surface area contributed by atoms with Crippen molar-refractivity contribution in [1.82, 2.24) is 9.97 Å². The third-order valence-corrected chi connectivity index (χ3v) is 3.70. The molecule has 0 radical (unpaired) electrons. The van der Waals surface area contributed by atoms with Crippen LogP contribution in [0.15, 0.2) is 12.4 Å². The summed E-state index contributed by atoms with van der Waals surface area (Å²) in [5.41, 5.74) is 0. The summed E-state index contributed by atoms with van der Waals surface area (Å²) < 4.78 is 0. The molecule has 1 unspecified atom stereocenters. The fraction of sp³-hybridized carbons (Fsp3) is 0.556. The van der Waals surface area contributed by atoms with Gasteiger partial charge in [-0.1, -0.05) is 11.6 Å². The number of hydrogen-bond donors (Lipinski definition) is 1. The average Bonchev–Trinajstić information content (AvgIpc) is 2.30. The predicted octanol–water partition coefficient (Wildman–Crippen LogP) is 1.04. The van der Waals surface area contributed by atoms with Gasteiger partial charge in [-0.25, -0.2) is 9.97 Å². The number of aliphatic hydroxyl groups is 1. The predicted molar refractivity (Wildman–Crippen MR) is 62.6 cm³/mol. The van der Waals surface area contributed by atoms with Crippen molar-refractivity contribution >= 4 is 29.2 Å². The summed E-state index contributed by atoms with van der Waals surface area (Å²) in [6.07, 6.45) is 3.19. The summed E-state index contributed by atoms with van der Waals surface area (Å²) in [6, 6.07) is 0.0953. The highest BCUT2D eigenvalue weighted by Crippen LogP contribution is 2.26. The molecule has 2 rings (SSSR count). The van der Waals surface area contributed by atoms with Crippen LogP contribution in [0.2, 0.25) is 5.15 Å². The Morgan fingerprint density at radius 1 is 1.53 bits per heavy atom. The number of anilines is 1. The first kappa shape index (κ1) is 11.0. The molecule has 15 heavy (non-hydrogen) atoms. The van der Waals surface area contributed by atoms with Crippen molar-refractivity contribution < 1.29 is 5.11 Å². The molecule has 1 aromatic heterocycles. The van der Waals surface area contributed by atoms with Gasteiger partial charge in [-0.2, -0.15) is 11.8 Å². The van der Waals surface area contributed by atoms with Crippen LogP contribution in [0.5, 0.6) is 0 Å². The number of nitrogens with zero attached hydrogens (tertiary/aromatic N) is 3. The molecule has 0 aliphatic carbocycles. The fourth-order valence-electron chi connectivity index (χ4n) is 1.59. The molecule has 1 N–H and O–H groups in total. The third kappa shape index (κ3) is 2.35. The fourth-order valence-corrected chi connectivity index (χ4v) is 2.85. The highest BCUT2D eigenvalue weighted by molar-refractivity contribution is 7.99. The van der Waals surface area contributed by atoms with Crippen LogP contribution in [0.1, 0.15) is 0 Å². The Balaban J connectivity index is 2.24. The van der Waals surface area contributed by atoms with Crippen LogP contribution in [0.3, 0.4) is 0 Å². The Labute approximate surface area is 97.7 Å². The molecule has 0 aromatic carbocycles. The number of rotatable bonds is 2. The SMILES string of the molecule is OCC1CSCCN1c1nccnc1Cl. The Morgan fingerprint density at radius 3 is 3.07 bits per heavy atom. The number of hydrogen-bond acceptors (Lipinski definition) is 5. The molecule has 0 spiro atoms. The van der Waals surface area contributed by atoms with E-state index >= 15 is 0 Å². The lowest BCUT2D eigenvalue weighted by molar-refractivity contribution is 0.268. The summed E-state index contributed by atoms with van der Waals surface area (Å²) in [6.45, 7) is 0.980. The first-order chi connectivity index (χ1) is 7.33. The quantitative estimate of drug-likeness (QED) is 0.844. The lowest BCUT2D eigenvalue weighted by atomic mass is 10.3. The minimum atomic E-state index is 0.0953. The molecule has 1 fully saturated rings. The summed E-state index contributed by atoms with van der Waals surface area (Å²) in [4.78, 5) is 10.2. The van der Waals surface area contributed by atoms with Crippen molar-refractivity contribution in [2.45, 2.75) is 6.04 Å². The maximum Gasteiger partial charge on any atom is 0.171 e. The lowest BCUT2D eigenvalue weighted by Gasteiger charge is -2.35. The van der Waals surface area contributed by atoms with Crippen molar-refractivity contribution in [3.8, 4) is 0 Å². The molecule has 0 bridgehead atoms. The van der Waals surface area contributed by atoms with Crippen molar-refractivity contribution in [3.05, 3.63) is 17.5 Å². The van der Waals surface area contributed by atoms with Gasteiger partial charge in [-0.3, -0.25) is 0 Å². The highest BCUT2D eigenvalue weighted by Gasteiger charge is 2.25. The van der Waals surface area contributed by atoms with Crippen LogP contribution < -0.4 is 4.90 Å². The Morgan fingerprint density at radius 2 is 2.33 bits per heavy atom. The van der Waals surface area contributed by atoms with Gasteiger partial charge in [0, 0.05) is 30.4 Å². The van der Waals surface area contributed by atoms with E-state index in [1.807, 2.05) is 16.7 Å². The van der Waals surface area contributed by atoms with Gasteiger partial charge in [0.2, 0.25) is 0 Å². The number of thioether (sulfide) groups is 1. The first-order valence-electron chi connectivity index (χ1n) is 4.74. The standard InChI is InChI=1S/C9H12ClN3OS/c10-8-9(12-2-1-11-8)13-3-4-15-6-7(13)5-14/h1-2,7,14H,3-6H2. The van der Waals surface area contributed by atoms with Crippen LogP contribution in [0, 0.1) is 0 Å². The van der Waals surface area contributed by atoms with E-state index in [2.05, 4.69) is 9.97 Å².